The summed E-state index contributed by atoms with van der Waals surface area (Å²) in [6.07, 6.45) is 3.15. The van der Waals surface area contributed by atoms with Crippen molar-refractivity contribution >= 4 is 41.7 Å². The van der Waals surface area contributed by atoms with E-state index in [0.29, 0.717) is 30.8 Å². The normalized spacial score (nSPS) is 11.4. The molecule has 6 N–H and O–H groups in total. The molecule has 3 amide bonds. The third-order valence-corrected chi connectivity index (χ3v) is 6.23. The number of rotatable bonds is 13. The van der Waals surface area contributed by atoms with Crippen molar-refractivity contribution in [3.63, 3.8) is 0 Å². The van der Waals surface area contributed by atoms with Crippen LogP contribution in [0.5, 0.6) is 5.75 Å². The van der Waals surface area contributed by atoms with Gasteiger partial charge in [-0.05, 0) is 60.7 Å². The number of nitrogens with one attached hydrogen (secondary N) is 3. The van der Waals surface area contributed by atoms with Crippen LogP contribution in [0.2, 0.25) is 0 Å². The molecule has 1 atom stereocenters. The number of hydrogen-bond acceptors (Lipinski definition) is 6. The first-order valence-corrected chi connectivity index (χ1v) is 13.2. The minimum absolute atomic E-state index is 0.0626. The minimum atomic E-state index is -0.753. The van der Waals surface area contributed by atoms with Crippen LogP contribution in [-0.2, 0) is 20.8 Å². The van der Waals surface area contributed by atoms with Gasteiger partial charge in [0.05, 0.1) is 11.8 Å². The molecule has 0 spiro atoms. The number of aromatic hydroxyl groups is 1. The molecule has 1 unspecified atom stereocenters. The van der Waals surface area contributed by atoms with E-state index in [9.17, 15) is 19.5 Å². The molecule has 0 heterocycles. The number of thiol groups is 1. The van der Waals surface area contributed by atoms with Crippen LogP contribution in [0.15, 0.2) is 72.8 Å². The van der Waals surface area contributed by atoms with Crippen molar-refractivity contribution in [2.75, 3.05) is 22.9 Å². The van der Waals surface area contributed by atoms with Crippen molar-refractivity contribution in [3.8, 4) is 16.9 Å². The van der Waals surface area contributed by atoms with Crippen molar-refractivity contribution in [1.29, 1.82) is 0 Å². The van der Waals surface area contributed by atoms with Crippen molar-refractivity contribution < 1.29 is 19.5 Å². The van der Waals surface area contributed by atoms with Gasteiger partial charge < -0.3 is 26.8 Å². The van der Waals surface area contributed by atoms with Crippen molar-refractivity contribution in [1.82, 2.24) is 5.32 Å². The molecule has 8 nitrogen and oxygen atoms in total. The standard InChI is InChI=1S/C29H34N4O4S/c30-25(18-20-9-15-23(34)16-10-20)29(37)33-26-7-4-3-6-24(26)21-11-13-22(14-12-21)32-27(35)8-2-1-5-17-31-28(36)19-38/h3-4,6-7,9-16,25,34,38H,1-2,5,8,17-19,30H2,(H,31,36)(H,32,35)(H,33,37). The van der Waals surface area contributed by atoms with Gasteiger partial charge in [0.1, 0.15) is 5.75 Å². The third-order valence-electron chi connectivity index (χ3n) is 5.94. The van der Waals surface area contributed by atoms with E-state index < -0.39 is 6.04 Å². The Bertz CT molecular complexity index is 1220. The molecule has 3 rings (SSSR count). The van der Waals surface area contributed by atoms with E-state index >= 15 is 0 Å². The molecule has 0 aliphatic carbocycles. The predicted molar refractivity (Wildman–Crippen MR) is 154 cm³/mol. The van der Waals surface area contributed by atoms with Crippen LogP contribution in [0.25, 0.3) is 11.1 Å². The van der Waals surface area contributed by atoms with Gasteiger partial charge in [-0.2, -0.15) is 12.6 Å². The molecule has 0 radical (unpaired) electrons. The van der Waals surface area contributed by atoms with E-state index in [1.807, 2.05) is 48.5 Å². The fourth-order valence-corrected chi connectivity index (χ4v) is 3.99. The fraction of sp³-hybridized carbons (Fsp3) is 0.276. The summed E-state index contributed by atoms with van der Waals surface area (Å²) in [5.74, 6) is -0.119. The maximum atomic E-state index is 12.8. The Balaban J connectivity index is 1.51. The van der Waals surface area contributed by atoms with Crippen LogP contribution in [0.3, 0.4) is 0 Å². The summed E-state index contributed by atoms with van der Waals surface area (Å²) in [7, 11) is 0. The summed E-state index contributed by atoms with van der Waals surface area (Å²) in [4.78, 5) is 36.2. The summed E-state index contributed by atoms with van der Waals surface area (Å²) in [5.41, 5.74) is 10.0. The lowest BCUT2D eigenvalue weighted by Crippen LogP contribution is -2.37. The number of para-hydroxylation sites is 1. The summed E-state index contributed by atoms with van der Waals surface area (Å²) in [5, 5.41) is 18.0. The van der Waals surface area contributed by atoms with Crippen molar-refractivity contribution in [3.05, 3.63) is 78.4 Å². The molecule has 0 aliphatic rings. The molecule has 200 valence electrons. The lowest BCUT2D eigenvalue weighted by Gasteiger charge is -2.16. The average Bonchev–Trinajstić information content (AvgIpc) is 2.92. The third kappa shape index (κ3) is 9.24. The van der Waals surface area contributed by atoms with Crippen molar-refractivity contribution in [2.45, 2.75) is 38.1 Å². The van der Waals surface area contributed by atoms with Crippen LogP contribution in [-0.4, -0.2) is 41.2 Å². The SMILES string of the molecule is NC(Cc1ccc(O)cc1)C(=O)Nc1ccccc1-c1ccc(NC(=O)CCCCCNC(=O)CS)cc1. The van der Waals surface area contributed by atoms with Gasteiger partial charge in [-0.15, -0.1) is 0 Å². The van der Waals surface area contributed by atoms with Gasteiger partial charge in [0, 0.05) is 29.9 Å². The second-order valence-corrected chi connectivity index (χ2v) is 9.27. The fourth-order valence-electron chi connectivity index (χ4n) is 3.88. The number of benzene rings is 3. The Labute approximate surface area is 228 Å². The van der Waals surface area contributed by atoms with Crippen LogP contribution in [0.1, 0.15) is 31.2 Å². The highest BCUT2D eigenvalue weighted by molar-refractivity contribution is 7.81. The number of phenolic OH excluding ortho intramolecular Hbond substituents is 1. The zero-order valence-corrected chi connectivity index (χ0v) is 22.0. The lowest BCUT2D eigenvalue weighted by molar-refractivity contribution is -0.119. The Morgan fingerprint density at radius 1 is 0.842 bits per heavy atom. The van der Waals surface area contributed by atoms with E-state index in [1.165, 1.54) is 0 Å². The number of phenols is 1. The Hall–Kier alpha value is -3.82. The monoisotopic (exact) mass is 534 g/mol. The highest BCUT2D eigenvalue weighted by Gasteiger charge is 2.16. The molecule has 3 aromatic carbocycles. The maximum Gasteiger partial charge on any atom is 0.241 e. The number of unbranched alkanes of at least 4 members (excludes halogenated alkanes) is 2. The Morgan fingerprint density at radius 2 is 1.55 bits per heavy atom. The predicted octanol–water partition coefficient (Wildman–Crippen LogP) is 4.11. The first-order valence-electron chi connectivity index (χ1n) is 12.6. The van der Waals surface area contributed by atoms with Crippen LogP contribution < -0.4 is 21.7 Å². The Kier molecular flexibility index (Phi) is 11.2. The zero-order valence-electron chi connectivity index (χ0n) is 21.2. The largest absolute Gasteiger partial charge is 0.508 e. The number of anilines is 2. The molecule has 0 fully saturated rings. The Morgan fingerprint density at radius 3 is 2.26 bits per heavy atom. The van der Waals surface area contributed by atoms with Gasteiger partial charge >= 0.3 is 0 Å². The lowest BCUT2D eigenvalue weighted by atomic mass is 10.0. The number of carbonyl (C=O) groups excluding carboxylic acids is 3. The quantitative estimate of drug-likeness (QED) is 0.145. The smallest absolute Gasteiger partial charge is 0.241 e. The van der Waals surface area contributed by atoms with E-state index in [0.717, 1.165) is 36.0 Å². The molecule has 0 bridgehead atoms. The van der Waals surface area contributed by atoms with E-state index in [4.69, 9.17) is 5.73 Å². The summed E-state index contributed by atoms with van der Waals surface area (Å²) >= 11 is 3.91. The highest BCUT2D eigenvalue weighted by atomic mass is 32.1. The second-order valence-electron chi connectivity index (χ2n) is 8.96. The summed E-state index contributed by atoms with van der Waals surface area (Å²) in [6, 6.07) is 20.8. The zero-order chi connectivity index (χ0) is 27.3. The van der Waals surface area contributed by atoms with Gasteiger partial charge in [0.25, 0.3) is 0 Å². The molecule has 0 aliphatic heterocycles. The molecule has 9 heteroatoms. The van der Waals surface area contributed by atoms with Crippen LogP contribution in [0, 0.1) is 0 Å². The van der Waals surface area contributed by atoms with Gasteiger partial charge in [-0.1, -0.05) is 48.9 Å². The number of amides is 3. The van der Waals surface area contributed by atoms with Crippen LogP contribution in [0.4, 0.5) is 11.4 Å². The first kappa shape index (κ1) is 28.7. The van der Waals surface area contributed by atoms with Gasteiger partial charge in [0.15, 0.2) is 0 Å². The van der Waals surface area contributed by atoms with Gasteiger partial charge in [-0.3, -0.25) is 14.4 Å². The molecule has 0 saturated carbocycles. The average molecular weight is 535 g/mol. The number of hydrogen-bond donors (Lipinski definition) is 6. The summed E-state index contributed by atoms with van der Waals surface area (Å²) < 4.78 is 0. The molecule has 38 heavy (non-hydrogen) atoms. The first-order chi connectivity index (χ1) is 18.4. The van der Waals surface area contributed by atoms with Crippen molar-refractivity contribution in [2.24, 2.45) is 5.73 Å². The van der Waals surface area contributed by atoms with E-state index in [1.54, 1.807) is 24.3 Å². The topological polar surface area (TPSA) is 134 Å². The molecule has 0 aromatic heterocycles. The molecular formula is C29H34N4O4S. The number of nitrogens with two attached hydrogens (primary N) is 1. The van der Waals surface area contributed by atoms with Crippen LogP contribution >= 0.6 is 12.6 Å². The maximum absolute atomic E-state index is 12.8. The molecule has 3 aromatic rings. The number of carbonyl (C=O) groups is 3. The second kappa shape index (κ2) is 14.8. The molecular weight excluding hydrogens is 500 g/mol. The van der Waals surface area contributed by atoms with Gasteiger partial charge in [0.2, 0.25) is 17.7 Å². The molecule has 0 saturated heterocycles. The van der Waals surface area contributed by atoms with E-state index in [2.05, 4.69) is 28.6 Å². The van der Waals surface area contributed by atoms with E-state index in [-0.39, 0.29) is 29.2 Å². The highest BCUT2D eigenvalue weighted by Crippen LogP contribution is 2.29. The summed E-state index contributed by atoms with van der Waals surface area (Å²) in [6.45, 7) is 0.592. The van der Waals surface area contributed by atoms with Gasteiger partial charge in [-0.25, -0.2) is 0 Å². The minimum Gasteiger partial charge on any atom is -0.508 e.